The number of unbranched alkanes of at least 4 members (excludes halogenated alkanes) is 2. The summed E-state index contributed by atoms with van der Waals surface area (Å²) in [6.07, 6.45) is 2.46. The maximum Gasteiger partial charge on any atom is 0.312 e. The van der Waals surface area contributed by atoms with Gasteiger partial charge in [0.15, 0.2) is 0 Å². The molecule has 0 aliphatic rings. The molecule has 0 aliphatic carbocycles. The summed E-state index contributed by atoms with van der Waals surface area (Å²) in [4.78, 5) is 15.0. The molecular formula is C14H17N3O3. The molecule has 2 rings (SSSR count). The largest absolute Gasteiger partial charge is 0.396 e. The number of benzene rings is 1. The lowest BCUT2D eigenvalue weighted by Crippen LogP contribution is -2.06. The van der Waals surface area contributed by atoms with Gasteiger partial charge in [0.25, 0.3) is 0 Å². The van der Waals surface area contributed by atoms with E-state index in [1.807, 2.05) is 18.2 Å². The number of aromatic nitrogens is 1. The molecule has 1 aromatic carbocycles. The molecule has 0 spiro atoms. The maximum atomic E-state index is 11.1. The van der Waals surface area contributed by atoms with Crippen molar-refractivity contribution >= 4 is 22.4 Å². The summed E-state index contributed by atoms with van der Waals surface area (Å²) >= 11 is 0. The van der Waals surface area contributed by atoms with Gasteiger partial charge in [0.1, 0.15) is 0 Å². The van der Waals surface area contributed by atoms with Crippen molar-refractivity contribution in [2.75, 3.05) is 18.5 Å². The fourth-order valence-electron chi connectivity index (χ4n) is 1.99. The summed E-state index contributed by atoms with van der Waals surface area (Å²) in [5.41, 5.74) is 0.724. The molecule has 106 valence electrons. The standard InChI is InChI=1S/C14H17N3O3/c18-9-5-1-4-8-15-14-13(17(19)20)10-11-6-2-3-7-12(11)16-14/h2-3,6-7,10,18H,1,4-5,8-9H2,(H,15,16). The number of nitro groups is 1. The Balaban J connectivity index is 2.17. The molecule has 1 heterocycles. The summed E-state index contributed by atoms with van der Waals surface area (Å²) in [6, 6.07) is 8.86. The molecule has 0 aliphatic heterocycles. The molecule has 2 N–H and O–H groups in total. The van der Waals surface area contributed by atoms with Crippen LogP contribution in [0.5, 0.6) is 0 Å². The molecule has 1 aromatic heterocycles. The van der Waals surface area contributed by atoms with Crippen molar-refractivity contribution < 1.29 is 10.0 Å². The van der Waals surface area contributed by atoms with E-state index in [1.165, 1.54) is 0 Å². The molecule has 0 fully saturated rings. The zero-order valence-electron chi connectivity index (χ0n) is 11.1. The van der Waals surface area contributed by atoms with Crippen LogP contribution in [-0.2, 0) is 0 Å². The molecule has 0 amide bonds. The van der Waals surface area contributed by atoms with Crippen molar-refractivity contribution in [2.24, 2.45) is 0 Å². The average Bonchev–Trinajstić information content (AvgIpc) is 2.46. The van der Waals surface area contributed by atoms with Gasteiger partial charge in [-0.15, -0.1) is 0 Å². The molecular weight excluding hydrogens is 258 g/mol. The maximum absolute atomic E-state index is 11.1. The summed E-state index contributed by atoms with van der Waals surface area (Å²) in [5, 5.41) is 23.6. The highest BCUT2D eigenvalue weighted by molar-refractivity contribution is 5.84. The average molecular weight is 275 g/mol. The minimum Gasteiger partial charge on any atom is -0.396 e. The topological polar surface area (TPSA) is 88.3 Å². The first-order valence-electron chi connectivity index (χ1n) is 6.61. The van der Waals surface area contributed by atoms with Gasteiger partial charge >= 0.3 is 5.69 Å². The highest BCUT2D eigenvalue weighted by Crippen LogP contribution is 2.26. The third kappa shape index (κ3) is 3.42. The molecule has 0 unspecified atom stereocenters. The van der Waals surface area contributed by atoms with E-state index in [1.54, 1.807) is 12.1 Å². The van der Waals surface area contributed by atoms with E-state index in [9.17, 15) is 10.1 Å². The molecule has 6 heteroatoms. The fraction of sp³-hybridized carbons (Fsp3) is 0.357. The van der Waals surface area contributed by atoms with E-state index in [-0.39, 0.29) is 12.3 Å². The van der Waals surface area contributed by atoms with Crippen LogP contribution in [0.4, 0.5) is 11.5 Å². The van der Waals surface area contributed by atoms with Gasteiger partial charge < -0.3 is 10.4 Å². The third-order valence-electron chi connectivity index (χ3n) is 3.03. The number of hydrogen-bond donors (Lipinski definition) is 2. The number of nitrogens with one attached hydrogen (secondary N) is 1. The Bertz CT molecular complexity index is 601. The van der Waals surface area contributed by atoms with Gasteiger partial charge in [0.2, 0.25) is 5.82 Å². The summed E-state index contributed by atoms with van der Waals surface area (Å²) in [6.45, 7) is 0.778. The van der Waals surface area contributed by atoms with Crippen molar-refractivity contribution in [3.63, 3.8) is 0 Å². The first-order valence-corrected chi connectivity index (χ1v) is 6.61. The van der Waals surface area contributed by atoms with E-state index in [2.05, 4.69) is 10.3 Å². The number of fused-ring (bicyclic) bond motifs is 1. The van der Waals surface area contributed by atoms with Crippen LogP contribution < -0.4 is 5.32 Å². The van der Waals surface area contributed by atoms with Crippen LogP contribution in [0, 0.1) is 10.1 Å². The molecule has 0 radical (unpaired) electrons. The van der Waals surface area contributed by atoms with Gasteiger partial charge in [0, 0.05) is 24.6 Å². The van der Waals surface area contributed by atoms with E-state index in [4.69, 9.17) is 5.11 Å². The molecule has 0 atom stereocenters. The summed E-state index contributed by atoms with van der Waals surface area (Å²) in [5.74, 6) is 0.303. The van der Waals surface area contributed by atoms with E-state index in [0.717, 1.165) is 30.2 Å². The smallest absolute Gasteiger partial charge is 0.312 e. The number of aliphatic hydroxyl groups excluding tert-OH is 1. The summed E-state index contributed by atoms with van der Waals surface area (Å²) < 4.78 is 0. The lowest BCUT2D eigenvalue weighted by Gasteiger charge is -2.07. The quantitative estimate of drug-likeness (QED) is 0.461. The molecule has 6 nitrogen and oxygen atoms in total. The second kappa shape index (κ2) is 6.81. The Morgan fingerprint density at radius 3 is 2.80 bits per heavy atom. The Kier molecular flexibility index (Phi) is 4.84. The number of nitrogens with zero attached hydrogens (tertiary/aromatic N) is 2. The van der Waals surface area contributed by atoms with Gasteiger partial charge in [-0.05, 0) is 25.3 Å². The van der Waals surface area contributed by atoms with E-state index >= 15 is 0 Å². The molecule has 2 aromatic rings. The molecule has 0 saturated heterocycles. The van der Waals surface area contributed by atoms with E-state index in [0.29, 0.717) is 12.4 Å². The SMILES string of the molecule is O=[N+]([O-])c1cc2ccccc2nc1NCCCCCO. The first-order chi connectivity index (χ1) is 9.72. The molecule has 20 heavy (non-hydrogen) atoms. The predicted molar refractivity (Wildman–Crippen MR) is 77.8 cm³/mol. The van der Waals surface area contributed by atoms with Gasteiger partial charge in [-0.25, -0.2) is 4.98 Å². The van der Waals surface area contributed by atoms with Crippen LogP contribution in [0.3, 0.4) is 0 Å². The Morgan fingerprint density at radius 1 is 1.25 bits per heavy atom. The first kappa shape index (κ1) is 14.2. The predicted octanol–water partition coefficient (Wildman–Crippen LogP) is 2.72. The van der Waals surface area contributed by atoms with Crippen molar-refractivity contribution in [1.29, 1.82) is 0 Å². The molecule has 0 bridgehead atoms. The van der Waals surface area contributed by atoms with Crippen LogP contribution in [0.25, 0.3) is 10.9 Å². The van der Waals surface area contributed by atoms with Crippen LogP contribution >= 0.6 is 0 Å². The second-order valence-electron chi connectivity index (χ2n) is 4.52. The number of rotatable bonds is 7. The molecule has 0 saturated carbocycles. The van der Waals surface area contributed by atoms with Crippen molar-refractivity contribution in [3.8, 4) is 0 Å². The normalized spacial score (nSPS) is 10.7. The van der Waals surface area contributed by atoms with Crippen molar-refractivity contribution in [1.82, 2.24) is 4.98 Å². The number of pyridine rings is 1. The Morgan fingerprint density at radius 2 is 2.05 bits per heavy atom. The van der Waals surface area contributed by atoms with Crippen LogP contribution in [0.2, 0.25) is 0 Å². The minimum absolute atomic E-state index is 0.00846. The zero-order chi connectivity index (χ0) is 14.4. The summed E-state index contributed by atoms with van der Waals surface area (Å²) in [7, 11) is 0. The Hall–Kier alpha value is -2.21. The van der Waals surface area contributed by atoms with Crippen LogP contribution in [0.1, 0.15) is 19.3 Å². The fourth-order valence-corrected chi connectivity index (χ4v) is 1.99. The monoisotopic (exact) mass is 275 g/mol. The van der Waals surface area contributed by atoms with Crippen LogP contribution in [0.15, 0.2) is 30.3 Å². The number of para-hydroxylation sites is 1. The lowest BCUT2D eigenvalue weighted by atomic mass is 10.2. The lowest BCUT2D eigenvalue weighted by molar-refractivity contribution is -0.384. The van der Waals surface area contributed by atoms with Gasteiger partial charge in [-0.3, -0.25) is 10.1 Å². The Labute approximate surface area is 116 Å². The number of anilines is 1. The zero-order valence-corrected chi connectivity index (χ0v) is 11.1. The minimum atomic E-state index is -0.421. The highest BCUT2D eigenvalue weighted by atomic mass is 16.6. The van der Waals surface area contributed by atoms with E-state index < -0.39 is 4.92 Å². The second-order valence-corrected chi connectivity index (χ2v) is 4.52. The number of hydrogen-bond acceptors (Lipinski definition) is 5. The third-order valence-corrected chi connectivity index (χ3v) is 3.03. The van der Waals surface area contributed by atoms with Crippen molar-refractivity contribution in [2.45, 2.75) is 19.3 Å². The van der Waals surface area contributed by atoms with Gasteiger partial charge in [-0.1, -0.05) is 18.2 Å². The van der Waals surface area contributed by atoms with Crippen LogP contribution in [-0.4, -0.2) is 28.2 Å². The van der Waals surface area contributed by atoms with Gasteiger partial charge in [0.05, 0.1) is 10.4 Å². The number of aliphatic hydroxyl groups is 1. The van der Waals surface area contributed by atoms with Gasteiger partial charge in [-0.2, -0.15) is 0 Å². The van der Waals surface area contributed by atoms with Crippen molar-refractivity contribution in [3.05, 3.63) is 40.4 Å². The highest BCUT2D eigenvalue weighted by Gasteiger charge is 2.16.